The molecule has 0 N–H and O–H groups in total. The minimum atomic E-state index is 0.875. The van der Waals surface area contributed by atoms with Crippen LogP contribution in [-0.2, 0) is 0 Å². The summed E-state index contributed by atoms with van der Waals surface area (Å²) in [6, 6.07) is 49.1. The molecular weight excluding hydrogens is 657 g/mol. The predicted octanol–water partition coefficient (Wildman–Crippen LogP) is 11.0. The standard InChI is InChI=1S/C52H36O2/c1-33-15-7-8-16-37(33)31-34(2)38-17-5-3-4-6-18-39(41-20-10-9-19-40(38)41)35-25-27-36(28-26-35)46-32-47-43(50-45-22-12-14-24-49(45)54-52(46)50)29-30-44-42-21-11-13-23-48(42)53-51(44)47/h5-32H,1-4H2/b17-5+,18-6+,37-31-,40-38+,41-39+. The summed E-state index contributed by atoms with van der Waals surface area (Å²) >= 11 is 0. The Bertz CT molecular complexity index is 3290. The Morgan fingerprint density at radius 2 is 1.17 bits per heavy atom. The van der Waals surface area contributed by atoms with E-state index in [0.717, 1.165) is 116 Å². The fourth-order valence-electron chi connectivity index (χ4n) is 8.13. The molecule has 0 spiro atoms. The molecule has 2 heterocycles. The molecule has 7 aromatic carbocycles. The highest BCUT2D eigenvalue weighted by Gasteiger charge is 2.20. The van der Waals surface area contributed by atoms with Gasteiger partial charge in [0.05, 0.1) is 0 Å². The van der Waals surface area contributed by atoms with Crippen LogP contribution in [0, 0.1) is 0 Å². The van der Waals surface area contributed by atoms with Crippen molar-refractivity contribution in [1.29, 1.82) is 0 Å². The Balaban J connectivity index is 1.19. The zero-order valence-corrected chi connectivity index (χ0v) is 29.8. The molecule has 0 atom stereocenters. The van der Waals surface area contributed by atoms with E-state index >= 15 is 0 Å². The van der Waals surface area contributed by atoms with Crippen LogP contribution in [-0.4, -0.2) is 0 Å². The van der Waals surface area contributed by atoms with Crippen molar-refractivity contribution in [3.63, 3.8) is 0 Å². The van der Waals surface area contributed by atoms with Crippen molar-refractivity contribution in [3.05, 3.63) is 202 Å². The summed E-state index contributed by atoms with van der Waals surface area (Å²) in [6.45, 7) is 8.81. The lowest BCUT2D eigenvalue weighted by atomic mass is 9.92. The molecule has 0 fully saturated rings. The van der Waals surface area contributed by atoms with Gasteiger partial charge in [-0.05, 0) is 97.3 Å². The van der Waals surface area contributed by atoms with E-state index in [1.54, 1.807) is 0 Å². The van der Waals surface area contributed by atoms with E-state index in [4.69, 9.17) is 8.83 Å². The van der Waals surface area contributed by atoms with Gasteiger partial charge in [-0.1, -0.05) is 153 Å². The van der Waals surface area contributed by atoms with Crippen molar-refractivity contribution in [2.24, 2.45) is 0 Å². The van der Waals surface area contributed by atoms with Crippen LogP contribution in [0.2, 0.25) is 0 Å². The van der Waals surface area contributed by atoms with E-state index in [2.05, 4.69) is 147 Å². The van der Waals surface area contributed by atoms with Gasteiger partial charge in [-0.25, -0.2) is 0 Å². The van der Waals surface area contributed by atoms with Crippen LogP contribution in [0.25, 0.3) is 89.6 Å². The molecule has 54 heavy (non-hydrogen) atoms. The molecule has 0 radical (unpaired) electrons. The summed E-state index contributed by atoms with van der Waals surface area (Å²) in [5.41, 5.74) is 10.1. The predicted molar refractivity (Wildman–Crippen MR) is 228 cm³/mol. The van der Waals surface area contributed by atoms with E-state index in [0.29, 0.717) is 0 Å². The molecule has 0 bridgehead atoms. The minimum absolute atomic E-state index is 0.875. The van der Waals surface area contributed by atoms with E-state index in [-0.39, 0.29) is 0 Å². The fraction of sp³-hybridized carbons (Fsp3) is 0.0385. The first kappa shape index (κ1) is 31.8. The van der Waals surface area contributed by atoms with E-state index in [1.165, 1.54) is 5.57 Å². The van der Waals surface area contributed by atoms with Crippen LogP contribution >= 0.6 is 0 Å². The monoisotopic (exact) mass is 692 g/mol. The first-order valence-corrected chi connectivity index (χ1v) is 18.5. The van der Waals surface area contributed by atoms with Gasteiger partial charge in [0, 0.05) is 32.5 Å². The van der Waals surface area contributed by atoms with Crippen LogP contribution in [0.4, 0.5) is 0 Å². The van der Waals surface area contributed by atoms with Crippen molar-refractivity contribution in [2.45, 2.75) is 12.8 Å². The Morgan fingerprint density at radius 1 is 0.537 bits per heavy atom. The zero-order valence-electron chi connectivity index (χ0n) is 29.8. The molecule has 0 aliphatic heterocycles. The largest absolute Gasteiger partial charge is 0.455 e. The number of hydrogen-bond donors (Lipinski definition) is 0. The van der Waals surface area contributed by atoms with Gasteiger partial charge < -0.3 is 8.83 Å². The van der Waals surface area contributed by atoms with Crippen LogP contribution in [0.3, 0.4) is 0 Å². The minimum Gasteiger partial charge on any atom is -0.455 e. The highest BCUT2D eigenvalue weighted by atomic mass is 16.3. The van der Waals surface area contributed by atoms with E-state index in [9.17, 15) is 0 Å². The Labute approximate surface area is 312 Å². The normalized spacial score (nSPS) is 17.0. The van der Waals surface area contributed by atoms with Crippen LogP contribution < -0.4 is 20.9 Å². The van der Waals surface area contributed by atoms with E-state index in [1.807, 2.05) is 36.4 Å². The maximum absolute atomic E-state index is 6.68. The molecule has 0 saturated heterocycles. The van der Waals surface area contributed by atoms with Crippen LogP contribution in [0.15, 0.2) is 185 Å². The van der Waals surface area contributed by atoms with Crippen molar-refractivity contribution < 1.29 is 8.83 Å². The van der Waals surface area contributed by atoms with Gasteiger partial charge in [-0.15, -0.1) is 0 Å². The molecule has 9 aromatic rings. The third-order valence-electron chi connectivity index (χ3n) is 10.8. The van der Waals surface area contributed by atoms with Gasteiger partial charge in [-0.2, -0.15) is 0 Å². The fourth-order valence-corrected chi connectivity index (χ4v) is 8.13. The van der Waals surface area contributed by atoms with Gasteiger partial charge in [0.15, 0.2) is 0 Å². The summed E-state index contributed by atoms with van der Waals surface area (Å²) in [7, 11) is 0. The second kappa shape index (κ2) is 12.9. The maximum Gasteiger partial charge on any atom is 0.143 e. The molecule has 0 unspecified atom stereocenters. The topological polar surface area (TPSA) is 26.3 Å². The second-order valence-corrected chi connectivity index (χ2v) is 14.1. The molecule has 2 nitrogen and oxygen atoms in total. The van der Waals surface area contributed by atoms with Crippen LogP contribution in [0.1, 0.15) is 18.4 Å². The van der Waals surface area contributed by atoms with Gasteiger partial charge in [0.2, 0.25) is 0 Å². The highest BCUT2D eigenvalue weighted by Crippen LogP contribution is 2.44. The molecule has 0 amide bonds. The SMILES string of the molecule is C=C(/C=c1/ccccc1=C)C1=c2\cccc\c2=C(c2ccc(-c3cc4c(ccc5c6ccccc6oc54)c4c3oc3ccccc34)cc2)\C=C\CC\C=C\1. The summed E-state index contributed by atoms with van der Waals surface area (Å²) in [5.74, 6) is 0. The second-order valence-electron chi connectivity index (χ2n) is 14.1. The summed E-state index contributed by atoms with van der Waals surface area (Å²) in [5, 5.41) is 11.0. The number of rotatable bonds is 4. The van der Waals surface area contributed by atoms with Gasteiger partial charge >= 0.3 is 0 Å². The summed E-state index contributed by atoms with van der Waals surface area (Å²) in [4.78, 5) is 0. The Hall–Kier alpha value is -6.90. The molecule has 2 heteroatoms. The molecule has 10 rings (SSSR count). The Kier molecular flexibility index (Phi) is 7.63. The molecular formula is C52H36O2. The lowest BCUT2D eigenvalue weighted by Gasteiger charge is -2.11. The van der Waals surface area contributed by atoms with Gasteiger partial charge in [0.25, 0.3) is 0 Å². The number of benzene rings is 7. The Morgan fingerprint density at radius 3 is 1.98 bits per heavy atom. The molecule has 1 aliphatic rings. The van der Waals surface area contributed by atoms with Crippen molar-refractivity contribution in [1.82, 2.24) is 0 Å². The third kappa shape index (κ3) is 5.26. The van der Waals surface area contributed by atoms with Gasteiger partial charge in [-0.3, -0.25) is 0 Å². The molecule has 256 valence electrons. The lowest BCUT2D eigenvalue weighted by Crippen LogP contribution is -2.29. The average Bonchev–Trinajstić information content (AvgIpc) is 3.79. The van der Waals surface area contributed by atoms with Crippen molar-refractivity contribution >= 4 is 78.5 Å². The average molecular weight is 693 g/mol. The molecule has 2 aromatic heterocycles. The third-order valence-corrected chi connectivity index (χ3v) is 10.8. The maximum atomic E-state index is 6.68. The van der Waals surface area contributed by atoms with E-state index < -0.39 is 0 Å². The molecule has 1 aliphatic carbocycles. The first-order chi connectivity index (χ1) is 26.6. The zero-order chi connectivity index (χ0) is 36.2. The number of para-hydroxylation sites is 2. The van der Waals surface area contributed by atoms with Crippen molar-refractivity contribution in [2.75, 3.05) is 0 Å². The van der Waals surface area contributed by atoms with Gasteiger partial charge in [0.1, 0.15) is 22.3 Å². The quantitative estimate of drug-likeness (QED) is 0.184. The number of furan rings is 2. The summed E-state index contributed by atoms with van der Waals surface area (Å²) in [6.07, 6.45) is 13.1. The first-order valence-electron chi connectivity index (χ1n) is 18.5. The number of fused-ring (bicyclic) bond motifs is 10. The van der Waals surface area contributed by atoms with Crippen molar-refractivity contribution in [3.8, 4) is 11.1 Å². The van der Waals surface area contributed by atoms with Crippen LogP contribution in [0.5, 0.6) is 0 Å². The number of allylic oxidation sites excluding steroid dienone is 5. The highest BCUT2D eigenvalue weighted by molar-refractivity contribution is 6.27. The molecule has 0 saturated carbocycles. The lowest BCUT2D eigenvalue weighted by molar-refractivity contribution is 0.670. The smallest absolute Gasteiger partial charge is 0.143 e. The number of hydrogen-bond acceptors (Lipinski definition) is 2. The summed E-state index contributed by atoms with van der Waals surface area (Å²) < 4.78 is 13.3.